The summed E-state index contributed by atoms with van der Waals surface area (Å²) in [6, 6.07) is 5.15. The predicted octanol–water partition coefficient (Wildman–Crippen LogP) is 2.97. The average molecular weight is 273 g/mol. The van der Waals surface area contributed by atoms with Crippen LogP contribution >= 0.6 is 0 Å². The summed E-state index contributed by atoms with van der Waals surface area (Å²) in [6.07, 6.45) is 1.04. The summed E-state index contributed by atoms with van der Waals surface area (Å²) in [7, 11) is 1.71. The maximum absolute atomic E-state index is 12.2. The smallest absolute Gasteiger partial charge is 0.267 e. The number of anilines is 1. The molecule has 0 saturated carbocycles. The number of carbonyl (C=O) groups excluding carboxylic acids is 2. The topological polar surface area (TPSA) is 46.6 Å². The van der Waals surface area contributed by atoms with E-state index in [2.05, 4.69) is 6.58 Å². The lowest BCUT2D eigenvalue weighted by Gasteiger charge is -2.30. The minimum atomic E-state index is -0.531. The molecule has 1 amide bonds. The van der Waals surface area contributed by atoms with Crippen molar-refractivity contribution < 1.29 is 14.3 Å². The van der Waals surface area contributed by atoms with Gasteiger partial charge < -0.3 is 9.64 Å². The van der Waals surface area contributed by atoms with Gasteiger partial charge in [0.05, 0.1) is 5.69 Å². The Morgan fingerprint density at radius 2 is 2.15 bits per heavy atom. The van der Waals surface area contributed by atoms with Gasteiger partial charge in [-0.2, -0.15) is 0 Å². The molecule has 0 radical (unpaired) electrons. The van der Waals surface area contributed by atoms with Gasteiger partial charge in [0, 0.05) is 12.6 Å². The zero-order valence-electron chi connectivity index (χ0n) is 12.1. The van der Waals surface area contributed by atoms with Gasteiger partial charge in [-0.05, 0) is 37.1 Å². The third-order valence-corrected chi connectivity index (χ3v) is 3.44. The number of allylic oxidation sites excluding steroid dienone is 1. The molecule has 1 atom stereocenters. The van der Waals surface area contributed by atoms with Crippen molar-refractivity contribution in [2.75, 3.05) is 11.9 Å². The van der Waals surface area contributed by atoms with Crippen molar-refractivity contribution in [3.8, 4) is 5.75 Å². The highest BCUT2D eigenvalue weighted by atomic mass is 16.5. The Morgan fingerprint density at radius 3 is 2.80 bits per heavy atom. The highest BCUT2D eigenvalue weighted by Gasteiger charge is 2.29. The average Bonchev–Trinajstić information content (AvgIpc) is 2.43. The van der Waals surface area contributed by atoms with Crippen molar-refractivity contribution in [2.24, 2.45) is 0 Å². The van der Waals surface area contributed by atoms with Crippen LogP contribution in [0.15, 0.2) is 30.4 Å². The molecule has 0 fully saturated rings. The van der Waals surface area contributed by atoms with Crippen LogP contribution in [0.3, 0.4) is 0 Å². The van der Waals surface area contributed by atoms with Gasteiger partial charge in [-0.15, -0.1) is 0 Å². The molecule has 1 heterocycles. The van der Waals surface area contributed by atoms with Gasteiger partial charge in [-0.25, -0.2) is 0 Å². The van der Waals surface area contributed by atoms with Crippen molar-refractivity contribution in [2.45, 2.75) is 32.8 Å². The molecule has 0 saturated heterocycles. The van der Waals surface area contributed by atoms with E-state index in [1.165, 1.54) is 0 Å². The van der Waals surface area contributed by atoms with Gasteiger partial charge in [0.2, 0.25) is 0 Å². The molecule has 4 nitrogen and oxygen atoms in total. The maximum Gasteiger partial charge on any atom is 0.267 e. The molecule has 1 unspecified atom stereocenters. The summed E-state index contributed by atoms with van der Waals surface area (Å²) < 4.78 is 5.57. The van der Waals surface area contributed by atoms with Crippen LogP contribution < -0.4 is 9.64 Å². The lowest BCUT2D eigenvalue weighted by molar-refractivity contribution is -0.125. The second-order valence-corrected chi connectivity index (χ2v) is 5.02. The normalized spacial score (nSPS) is 17.4. The quantitative estimate of drug-likeness (QED) is 0.626. The Labute approximate surface area is 119 Å². The van der Waals surface area contributed by atoms with Crippen LogP contribution in [0.1, 0.15) is 37.0 Å². The number of rotatable bonds is 4. The first-order valence-electron chi connectivity index (χ1n) is 6.76. The van der Waals surface area contributed by atoms with Gasteiger partial charge in [-0.1, -0.05) is 19.9 Å². The molecular weight excluding hydrogens is 254 g/mol. The third-order valence-electron chi connectivity index (χ3n) is 3.44. The number of hydrogen-bond donors (Lipinski definition) is 0. The van der Waals surface area contributed by atoms with E-state index in [1.54, 1.807) is 37.1 Å². The van der Waals surface area contributed by atoms with E-state index in [9.17, 15) is 9.59 Å². The first-order chi connectivity index (χ1) is 9.45. The molecule has 0 aliphatic carbocycles. The molecule has 0 N–H and O–H groups in total. The number of carbonyl (C=O) groups is 2. The molecular formula is C16H19NO3. The SMILES string of the molecule is C=C(CCC)C(=O)c1ccc2c(c1)OC(C)C(=O)N2C. The largest absolute Gasteiger partial charge is 0.479 e. The fourth-order valence-electron chi connectivity index (χ4n) is 2.28. The molecule has 1 aromatic rings. The number of hydrogen-bond acceptors (Lipinski definition) is 3. The molecule has 1 aromatic carbocycles. The summed E-state index contributed by atoms with van der Waals surface area (Å²) in [5.41, 5.74) is 1.84. The molecule has 2 rings (SSSR count). The van der Waals surface area contributed by atoms with Crippen LogP contribution in [-0.2, 0) is 4.79 Å². The van der Waals surface area contributed by atoms with Crippen LogP contribution in [0, 0.1) is 0 Å². The van der Waals surface area contributed by atoms with Gasteiger partial charge in [-0.3, -0.25) is 9.59 Å². The van der Waals surface area contributed by atoms with E-state index < -0.39 is 6.10 Å². The number of nitrogens with zero attached hydrogens (tertiary/aromatic N) is 1. The van der Waals surface area contributed by atoms with Crippen molar-refractivity contribution in [1.29, 1.82) is 0 Å². The standard InChI is InChI=1S/C16H19NO3/c1-5-6-10(2)15(18)12-7-8-13-14(9-12)20-11(3)16(19)17(13)4/h7-9,11H,2,5-6H2,1,3-4H3. The van der Waals surface area contributed by atoms with Crippen LogP contribution in [0.2, 0.25) is 0 Å². The van der Waals surface area contributed by atoms with Crippen LogP contribution in [0.25, 0.3) is 0 Å². The second kappa shape index (κ2) is 5.49. The minimum absolute atomic E-state index is 0.0644. The fourth-order valence-corrected chi connectivity index (χ4v) is 2.28. The Balaban J connectivity index is 2.33. The molecule has 106 valence electrons. The Kier molecular flexibility index (Phi) is 3.93. The third kappa shape index (κ3) is 2.46. The highest BCUT2D eigenvalue weighted by molar-refractivity contribution is 6.09. The monoisotopic (exact) mass is 273 g/mol. The van der Waals surface area contributed by atoms with E-state index in [0.717, 1.165) is 6.42 Å². The van der Waals surface area contributed by atoms with Crippen molar-refractivity contribution in [1.82, 2.24) is 0 Å². The van der Waals surface area contributed by atoms with Crippen LogP contribution in [-0.4, -0.2) is 24.8 Å². The first-order valence-corrected chi connectivity index (χ1v) is 6.76. The van der Waals surface area contributed by atoms with Crippen LogP contribution in [0.5, 0.6) is 5.75 Å². The van der Waals surface area contributed by atoms with Gasteiger partial charge in [0.15, 0.2) is 11.9 Å². The molecule has 0 bridgehead atoms. The Bertz CT molecular complexity index is 577. The molecule has 1 aliphatic heterocycles. The Hall–Kier alpha value is -2.10. The number of benzene rings is 1. The zero-order chi connectivity index (χ0) is 14.9. The first kappa shape index (κ1) is 14.3. The van der Waals surface area contributed by atoms with E-state index in [0.29, 0.717) is 29.0 Å². The van der Waals surface area contributed by atoms with Crippen LogP contribution in [0.4, 0.5) is 5.69 Å². The molecule has 20 heavy (non-hydrogen) atoms. The van der Waals surface area contributed by atoms with Gasteiger partial charge >= 0.3 is 0 Å². The van der Waals surface area contributed by atoms with E-state index in [-0.39, 0.29) is 11.7 Å². The van der Waals surface area contributed by atoms with E-state index in [1.807, 2.05) is 6.92 Å². The number of Topliss-reactive ketones (excluding diaryl/α,β-unsaturated/α-hetero) is 1. The number of amides is 1. The summed E-state index contributed by atoms with van der Waals surface area (Å²) in [6.45, 7) is 7.53. The summed E-state index contributed by atoms with van der Waals surface area (Å²) in [4.78, 5) is 25.6. The Morgan fingerprint density at radius 1 is 1.45 bits per heavy atom. The summed E-state index contributed by atoms with van der Waals surface area (Å²) >= 11 is 0. The maximum atomic E-state index is 12.2. The molecule has 4 heteroatoms. The zero-order valence-corrected chi connectivity index (χ0v) is 12.1. The van der Waals surface area contributed by atoms with E-state index >= 15 is 0 Å². The fraction of sp³-hybridized carbons (Fsp3) is 0.375. The second-order valence-electron chi connectivity index (χ2n) is 5.02. The number of ketones is 1. The van der Waals surface area contributed by atoms with Crippen molar-refractivity contribution in [3.05, 3.63) is 35.9 Å². The molecule has 1 aliphatic rings. The number of ether oxygens (including phenoxy) is 1. The molecule has 0 aromatic heterocycles. The van der Waals surface area contributed by atoms with Gasteiger partial charge in [0.25, 0.3) is 5.91 Å². The minimum Gasteiger partial charge on any atom is -0.479 e. The lowest BCUT2D eigenvalue weighted by Crippen LogP contribution is -2.42. The number of fused-ring (bicyclic) bond motifs is 1. The molecule has 0 spiro atoms. The lowest BCUT2D eigenvalue weighted by atomic mass is 10.00. The van der Waals surface area contributed by atoms with Crippen molar-refractivity contribution >= 4 is 17.4 Å². The predicted molar refractivity (Wildman–Crippen MR) is 78.3 cm³/mol. The van der Waals surface area contributed by atoms with Crippen molar-refractivity contribution in [3.63, 3.8) is 0 Å². The van der Waals surface area contributed by atoms with E-state index in [4.69, 9.17) is 4.74 Å². The van der Waals surface area contributed by atoms with Gasteiger partial charge in [0.1, 0.15) is 5.75 Å². The summed E-state index contributed by atoms with van der Waals surface area (Å²) in [5.74, 6) is 0.409. The summed E-state index contributed by atoms with van der Waals surface area (Å²) in [5, 5.41) is 0. The number of likely N-dealkylation sites (N-methyl/N-ethyl adjacent to an activating group) is 1. The highest BCUT2D eigenvalue weighted by Crippen LogP contribution is 2.34.